The second kappa shape index (κ2) is 5.46. The highest BCUT2D eigenvalue weighted by atomic mass is 16.5. The summed E-state index contributed by atoms with van der Waals surface area (Å²) in [4.78, 5) is 11.2. The van der Waals surface area contributed by atoms with E-state index < -0.39 is 12.0 Å². The molecule has 5 nitrogen and oxygen atoms in total. The minimum atomic E-state index is -0.719. The third-order valence-corrected chi connectivity index (χ3v) is 2.55. The van der Waals surface area contributed by atoms with Crippen LogP contribution in [0.5, 0.6) is 0 Å². The van der Waals surface area contributed by atoms with Crippen LogP contribution in [0.3, 0.4) is 0 Å². The fourth-order valence-corrected chi connectivity index (χ4v) is 1.61. The predicted octanol–water partition coefficient (Wildman–Crippen LogP) is 1.38. The van der Waals surface area contributed by atoms with Crippen LogP contribution in [0.15, 0.2) is 40.9 Å². The molecule has 1 aromatic carbocycles. The summed E-state index contributed by atoms with van der Waals surface area (Å²) in [5, 5.41) is 3.89. The zero-order valence-corrected chi connectivity index (χ0v) is 10.00. The molecule has 0 saturated heterocycles. The van der Waals surface area contributed by atoms with Gasteiger partial charge in [0.25, 0.3) is 0 Å². The second-order valence-corrected chi connectivity index (χ2v) is 3.88. The molecule has 0 spiro atoms. The number of hydrogen-bond acceptors (Lipinski definition) is 5. The number of carbonyl (C=O) groups excluding carboxylic acids is 1. The van der Waals surface area contributed by atoms with Crippen molar-refractivity contribution >= 4 is 5.97 Å². The highest BCUT2D eigenvalue weighted by Crippen LogP contribution is 2.20. The maximum absolute atomic E-state index is 11.2. The fourth-order valence-electron chi connectivity index (χ4n) is 1.61. The van der Waals surface area contributed by atoms with Gasteiger partial charge >= 0.3 is 5.97 Å². The zero-order valence-electron chi connectivity index (χ0n) is 10.00. The van der Waals surface area contributed by atoms with Gasteiger partial charge in [-0.2, -0.15) is 0 Å². The van der Waals surface area contributed by atoms with Gasteiger partial charge in [-0.1, -0.05) is 35.5 Å². The molecular weight excluding hydrogens is 232 g/mol. The third-order valence-electron chi connectivity index (χ3n) is 2.55. The van der Waals surface area contributed by atoms with Crippen molar-refractivity contribution in [2.45, 2.75) is 12.5 Å². The molecule has 0 aliphatic heterocycles. The van der Waals surface area contributed by atoms with E-state index in [1.807, 2.05) is 30.3 Å². The van der Waals surface area contributed by atoms with Gasteiger partial charge in [0.05, 0.1) is 12.8 Å². The van der Waals surface area contributed by atoms with E-state index in [1.54, 1.807) is 6.07 Å². The maximum Gasteiger partial charge on any atom is 0.323 e. The van der Waals surface area contributed by atoms with Gasteiger partial charge in [-0.05, 0) is 0 Å². The molecule has 0 unspecified atom stereocenters. The van der Waals surface area contributed by atoms with E-state index in [-0.39, 0.29) is 0 Å². The lowest BCUT2D eigenvalue weighted by atomic mass is 10.1. The Kier molecular flexibility index (Phi) is 3.74. The SMILES string of the molecule is COC(=O)[C@H](N)Cc1cc(-c2ccccc2)on1. The molecule has 0 amide bonds. The lowest BCUT2D eigenvalue weighted by molar-refractivity contribution is -0.142. The third kappa shape index (κ3) is 2.75. The number of methoxy groups -OCH3 is 1. The molecule has 0 aliphatic rings. The molecule has 0 saturated carbocycles. The Balaban J connectivity index is 2.09. The van der Waals surface area contributed by atoms with Crippen molar-refractivity contribution in [1.29, 1.82) is 0 Å². The second-order valence-electron chi connectivity index (χ2n) is 3.88. The number of aromatic nitrogens is 1. The van der Waals surface area contributed by atoms with E-state index in [9.17, 15) is 4.79 Å². The van der Waals surface area contributed by atoms with Crippen molar-refractivity contribution in [2.75, 3.05) is 7.11 Å². The quantitative estimate of drug-likeness (QED) is 0.824. The van der Waals surface area contributed by atoms with Crippen molar-refractivity contribution < 1.29 is 14.1 Å². The van der Waals surface area contributed by atoms with Crippen molar-refractivity contribution in [2.24, 2.45) is 5.73 Å². The van der Waals surface area contributed by atoms with Crippen molar-refractivity contribution in [3.63, 3.8) is 0 Å². The first-order valence-electron chi connectivity index (χ1n) is 5.55. The normalized spacial score (nSPS) is 12.1. The molecule has 0 fully saturated rings. The number of benzene rings is 1. The number of nitrogens with two attached hydrogens (primary N) is 1. The predicted molar refractivity (Wildman–Crippen MR) is 65.6 cm³/mol. The van der Waals surface area contributed by atoms with Gasteiger partial charge in [-0.25, -0.2) is 0 Å². The zero-order chi connectivity index (χ0) is 13.0. The smallest absolute Gasteiger partial charge is 0.323 e. The molecule has 0 bridgehead atoms. The standard InChI is InChI=1S/C13H14N2O3/c1-17-13(16)11(14)7-10-8-12(18-15-10)9-5-3-2-4-6-9/h2-6,8,11H,7,14H2,1H3/t11-/m1/s1. The van der Waals surface area contributed by atoms with E-state index in [1.165, 1.54) is 7.11 Å². The number of rotatable bonds is 4. The summed E-state index contributed by atoms with van der Waals surface area (Å²) in [5.41, 5.74) is 7.22. The van der Waals surface area contributed by atoms with Gasteiger partial charge in [0.1, 0.15) is 6.04 Å². The van der Waals surface area contributed by atoms with E-state index in [0.717, 1.165) is 5.56 Å². The monoisotopic (exact) mass is 246 g/mol. The highest BCUT2D eigenvalue weighted by molar-refractivity contribution is 5.75. The minimum Gasteiger partial charge on any atom is -0.468 e. The van der Waals surface area contributed by atoms with Gasteiger partial charge in [0.2, 0.25) is 0 Å². The molecular formula is C13H14N2O3. The minimum absolute atomic E-state index is 0.295. The molecule has 2 aromatic rings. The molecule has 94 valence electrons. The van der Waals surface area contributed by atoms with Crippen LogP contribution in [0, 0.1) is 0 Å². The molecule has 2 N–H and O–H groups in total. The number of esters is 1. The largest absolute Gasteiger partial charge is 0.468 e. The summed E-state index contributed by atoms with van der Waals surface area (Å²) in [6.07, 6.45) is 0.295. The number of nitrogens with zero attached hydrogens (tertiary/aromatic N) is 1. The Bertz CT molecular complexity index is 522. The molecule has 5 heteroatoms. The van der Waals surface area contributed by atoms with E-state index in [2.05, 4.69) is 9.89 Å². The Morgan fingerprint density at radius 3 is 2.83 bits per heavy atom. The molecule has 2 rings (SSSR count). The van der Waals surface area contributed by atoms with Gasteiger partial charge in [0.15, 0.2) is 5.76 Å². The van der Waals surface area contributed by atoms with Crippen LogP contribution < -0.4 is 5.73 Å². The lowest BCUT2D eigenvalue weighted by Gasteiger charge is -2.05. The van der Waals surface area contributed by atoms with Gasteiger partial charge in [-0.15, -0.1) is 0 Å². The van der Waals surface area contributed by atoms with Crippen LogP contribution in [0.4, 0.5) is 0 Å². The lowest BCUT2D eigenvalue weighted by Crippen LogP contribution is -2.33. The highest BCUT2D eigenvalue weighted by Gasteiger charge is 2.17. The van der Waals surface area contributed by atoms with Crippen LogP contribution in [-0.4, -0.2) is 24.3 Å². The first kappa shape index (κ1) is 12.3. The van der Waals surface area contributed by atoms with Crippen molar-refractivity contribution in [3.8, 4) is 11.3 Å². The van der Waals surface area contributed by atoms with E-state index in [0.29, 0.717) is 17.9 Å². The number of ether oxygens (including phenoxy) is 1. The molecule has 0 aliphatic carbocycles. The van der Waals surface area contributed by atoms with Gasteiger partial charge < -0.3 is 15.0 Å². The maximum atomic E-state index is 11.2. The van der Waals surface area contributed by atoms with Gasteiger partial charge in [0, 0.05) is 18.1 Å². The van der Waals surface area contributed by atoms with Crippen LogP contribution in [0.25, 0.3) is 11.3 Å². The van der Waals surface area contributed by atoms with Crippen molar-refractivity contribution in [1.82, 2.24) is 5.16 Å². The Hall–Kier alpha value is -2.14. The average Bonchev–Trinajstić information content (AvgIpc) is 2.87. The van der Waals surface area contributed by atoms with Crippen LogP contribution in [-0.2, 0) is 16.0 Å². The molecule has 1 heterocycles. The Morgan fingerprint density at radius 2 is 2.17 bits per heavy atom. The summed E-state index contributed by atoms with van der Waals surface area (Å²) in [6.45, 7) is 0. The first-order chi connectivity index (χ1) is 8.70. The average molecular weight is 246 g/mol. The molecule has 1 aromatic heterocycles. The van der Waals surface area contributed by atoms with Gasteiger partial charge in [-0.3, -0.25) is 4.79 Å². The Labute approximate surface area is 105 Å². The summed E-state index contributed by atoms with van der Waals surface area (Å²) in [5.74, 6) is 0.196. The van der Waals surface area contributed by atoms with Crippen LogP contribution in [0.2, 0.25) is 0 Å². The molecule has 18 heavy (non-hydrogen) atoms. The summed E-state index contributed by atoms with van der Waals surface area (Å²) in [7, 11) is 1.31. The van der Waals surface area contributed by atoms with E-state index >= 15 is 0 Å². The number of hydrogen-bond donors (Lipinski definition) is 1. The van der Waals surface area contributed by atoms with Crippen LogP contribution >= 0.6 is 0 Å². The molecule has 0 radical (unpaired) electrons. The van der Waals surface area contributed by atoms with E-state index in [4.69, 9.17) is 10.3 Å². The number of carbonyl (C=O) groups is 1. The first-order valence-corrected chi connectivity index (χ1v) is 5.55. The van der Waals surface area contributed by atoms with Crippen molar-refractivity contribution in [3.05, 3.63) is 42.1 Å². The summed E-state index contributed by atoms with van der Waals surface area (Å²) >= 11 is 0. The summed E-state index contributed by atoms with van der Waals surface area (Å²) < 4.78 is 9.76. The fraction of sp³-hybridized carbons (Fsp3) is 0.231. The Morgan fingerprint density at radius 1 is 1.44 bits per heavy atom. The van der Waals surface area contributed by atoms with Crippen LogP contribution in [0.1, 0.15) is 5.69 Å². The topological polar surface area (TPSA) is 78.4 Å². The molecule has 1 atom stereocenters. The summed E-state index contributed by atoms with van der Waals surface area (Å²) in [6, 6.07) is 10.7.